The predicted octanol–water partition coefficient (Wildman–Crippen LogP) is 3.92. The van der Waals surface area contributed by atoms with Crippen molar-refractivity contribution in [2.45, 2.75) is 90.4 Å². The van der Waals surface area contributed by atoms with Crippen molar-refractivity contribution in [1.29, 1.82) is 0 Å². The Morgan fingerprint density at radius 3 is 2.54 bits per heavy atom. The van der Waals surface area contributed by atoms with Gasteiger partial charge in [0.15, 0.2) is 0 Å². The largest absolute Gasteiger partial charge is 0.481 e. The van der Waals surface area contributed by atoms with Crippen LogP contribution in [0.5, 0.6) is 0 Å². The van der Waals surface area contributed by atoms with Crippen molar-refractivity contribution < 1.29 is 19.7 Å². The molecule has 0 aromatic rings. The quantitative estimate of drug-likeness (QED) is 0.750. The third-order valence-electron chi connectivity index (χ3n) is 7.63. The zero-order valence-corrected chi connectivity index (χ0v) is 15.7. The van der Waals surface area contributed by atoms with Crippen LogP contribution in [-0.2, 0) is 9.53 Å². The second kappa shape index (κ2) is 5.31. The zero-order valence-electron chi connectivity index (χ0n) is 15.7. The van der Waals surface area contributed by atoms with Crippen LogP contribution in [0, 0.1) is 16.7 Å². The number of fused-ring (bicyclic) bond motifs is 2. The van der Waals surface area contributed by atoms with Gasteiger partial charge in [0.1, 0.15) is 0 Å². The Balaban J connectivity index is 2.03. The highest BCUT2D eigenvalue weighted by Crippen LogP contribution is 2.66. The first kappa shape index (κ1) is 17.9. The molecule has 0 radical (unpaired) electrons. The average Bonchev–Trinajstić information content (AvgIpc) is 2.80. The highest BCUT2D eigenvalue weighted by atomic mass is 16.5. The zero-order chi connectivity index (χ0) is 18.0. The molecule has 1 aliphatic heterocycles. The summed E-state index contributed by atoms with van der Waals surface area (Å²) < 4.78 is 6.67. The molecule has 0 aromatic heterocycles. The van der Waals surface area contributed by atoms with Gasteiger partial charge in [-0.15, -0.1) is 0 Å². The molecule has 24 heavy (non-hydrogen) atoms. The number of aliphatic hydroxyl groups is 1. The van der Waals surface area contributed by atoms with Crippen LogP contribution in [0.2, 0.25) is 0 Å². The highest BCUT2D eigenvalue weighted by Gasteiger charge is 2.65. The van der Waals surface area contributed by atoms with E-state index in [2.05, 4.69) is 33.8 Å². The molecule has 2 N–H and O–H groups in total. The number of ether oxygens (including phenoxy) is 1. The number of carbonyl (C=O) groups is 1. The molecule has 0 aromatic carbocycles. The molecule has 2 fully saturated rings. The first-order valence-electron chi connectivity index (χ1n) is 9.24. The topological polar surface area (TPSA) is 66.8 Å². The summed E-state index contributed by atoms with van der Waals surface area (Å²) in [6.07, 6.45) is 6.37. The second-order valence-electron chi connectivity index (χ2n) is 9.42. The number of hydrogen-bond acceptors (Lipinski definition) is 3. The van der Waals surface area contributed by atoms with Crippen molar-refractivity contribution in [2.24, 2.45) is 16.7 Å². The number of hydrogen-bond donors (Lipinski definition) is 2. The van der Waals surface area contributed by atoms with Crippen molar-refractivity contribution in [3.63, 3.8) is 0 Å². The Bertz CT molecular complexity index is 580. The molecule has 5 atom stereocenters. The Morgan fingerprint density at radius 2 is 1.92 bits per heavy atom. The second-order valence-corrected chi connectivity index (χ2v) is 9.42. The lowest BCUT2D eigenvalue weighted by molar-refractivity contribution is -0.210. The molecular weight excluding hydrogens is 304 g/mol. The van der Waals surface area contributed by atoms with Gasteiger partial charge >= 0.3 is 5.97 Å². The molecule has 1 heterocycles. The van der Waals surface area contributed by atoms with E-state index in [1.807, 2.05) is 6.92 Å². The molecule has 3 rings (SSSR count). The van der Waals surface area contributed by atoms with Crippen LogP contribution in [0.3, 0.4) is 0 Å². The molecule has 1 saturated carbocycles. The number of carboxylic acids is 1. The third-order valence-corrected chi connectivity index (χ3v) is 7.63. The molecular formula is C20H32O4. The molecule has 0 amide bonds. The molecule has 3 aliphatic rings. The average molecular weight is 336 g/mol. The fraction of sp³-hybridized carbons (Fsp3) is 0.850. The van der Waals surface area contributed by atoms with E-state index >= 15 is 0 Å². The third kappa shape index (κ3) is 2.29. The Labute approximate surface area is 145 Å². The number of carboxylic acid groups (broad SMARTS) is 1. The summed E-state index contributed by atoms with van der Waals surface area (Å²) in [7, 11) is 0. The van der Waals surface area contributed by atoms with Crippen molar-refractivity contribution >= 4 is 5.97 Å². The molecule has 2 aliphatic carbocycles. The standard InChI is InChI=1S/C20H32O4/c1-13-6-7-14-17(2,3)15(21)8-9-19(14,5)20(13)11-10-18(4,24-20)12-16(22)23/h6,14-15,21H,7-12H2,1-5H3,(H,22,23). The van der Waals surface area contributed by atoms with Gasteiger partial charge in [-0.05, 0) is 62.9 Å². The maximum Gasteiger partial charge on any atom is 0.306 e. The summed E-state index contributed by atoms with van der Waals surface area (Å²) in [5.41, 5.74) is 0.0309. The SMILES string of the molecule is CC1=CCC2C(C)(C)C(O)CCC2(C)C12CCC(C)(CC(=O)O)O2. The van der Waals surface area contributed by atoms with Crippen LogP contribution in [-0.4, -0.2) is 33.5 Å². The van der Waals surface area contributed by atoms with Crippen LogP contribution in [0.25, 0.3) is 0 Å². The van der Waals surface area contributed by atoms with E-state index in [4.69, 9.17) is 4.74 Å². The number of allylic oxidation sites excluding steroid dienone is 1. The van der Waals surface area contributed by atoms with E-state index in [0.29, 0.717) is 5.92 Å². The summed E-state index contributed by atoms with van der Waals surface area (Å²) in [6.45, 7) is 10.7. The van der Waals surface area contributed by atoms with Gasteiger partial charge in [-0.25, -0.2) is 0 Å². The van der Waals surface area contributed by atoms with E-state index in [0.717, 1.165) is 32.1 Å². The van der Waals surface area contributed by atoms with Crippen LogP contribution in [0.15, 0.2) is 11.6 Å². The van der Waals surface area contributed by atoms with Gasteiger partial charge < -0.3 is 14.9 Å². The minimum absolute atomic E-state index is 0.0504. The summed E-state index contributed by atoms with van der Waals surface area (Å²) in [5.74, 6) is -0.460. The van der Waals surface area contributed by atoms with Crippen molar-refractivity contribution in [3.05, 3.63) is 11.6 Å². The molecule has 1 spiro atoms. The fourth-order valence-electron chi connectivity index (χ4n) is 6.08. The summed E-state index contributed by atoms with van der Waals surface area (Å²) in [6, 6.07) is 0. The van der Waals surface area contributed by atoms with Gasteiger partial charge in [0.25, 0.3) is 0 Å². The van der Waals surface area contributed by atoms with Crippen molar-refractivity contribution in [2.75, 3.05) is 0 Å². The maximum absolute atomic E-state index is 11.3. The van der Waals surface area contributed by atoms with E-state index in [-0.39, 0.29) is 23.4 Å². The van der Waals surface area contributed by atoms with Crippen LogP contribution in [0.4, 0.5) is 0 Å². The van der Waals surface area contributed by atoms with E-state index in [9.17, 15) is 15.0 Å². The molecule has 1 saturated heterocycles. The van der Waals surface area contributed by atoms with Gasteiger partial charge in [-0.1, -0.05) is 26.8 Å². The van der Waals surface area contributed by atoms with Gasteiger partial charge in [-0.2, -0.15) is 0 Å². The monoisotopic (exact) mass is 336 g/mol. The summed E-state index contributed by atoms with van der Waals surface area (Å²) >= 11 is 0. The normalized spacial score (nSPS) is 47.3. The van der Waals surface area contributed by atoms with Gasteiger partial charge in [0.2, 0.25) is 0 Å². The van der Waals surface area contributed by atoms with Gasteiger partial charge in [-0.3, -0.25) is 4.79 Å². The molecule has 5 unspecified atom stereocenters. The highest BCUT2D eigenvalue weighted by molar-refractivity contribution is 5.68. The van der Waals surface area contributed by atoms with Crippen LogP contribution in [0.1, 0.15) is 73.1 Å². The van der Waals surface area contributed by atoms with Crippen molar-refractivity contribution in [1.82, 2.24) is 0 Å². The number of rotatable bonds is 2. The Morgan fingerprint density at radius 1 is 1.25 bits per heavy atom. The van der Waals surface area contributed by atoms with E-state index < -0.39 is 17.2 Å². The van der Waals surface area contributed by atoms with Crippen molar-refractivity contribution in [3.8, 4) is 0 Å². The molecule has 136 valence electrons. The minimum atomic E-state index is -0.798. The fourth-order valence-corrected chi connectivity index (χ4v) is 6.08. The molecule has 4 nitrogen and oxygen atoms in total. The first-order chi connectivity index (χ1) is 11.0. The lowest BCUT2D eigenvalue weighted by atomic mass is 9.46. The number of aliphatic carboxylic acids is 1. The van der Waals surface area contributed by atoms with E-state index in [1.54, 1.807) is 0 Å². The lowest BCUT2D eigenvalue weighted by Gasteiger charge is -2.62. The molecule has 4 heteroatoms. The van der Waals surface area contributed by atoms with Gasteiger partial charge in [0, 0.05) is 5.41 Å². The van der Waals surface area contributed by atoms with E-state index in [1.165, 1.54) is 5.57 Å². The Kier molecular flexibility index (Phi) is 3.97. The first-order valence-corrected chi connectivity index (χ1v) is 9.24. The summed E-state index contributed by atoms with van der Waals surface area (Å²) in [5, 5.41) is 19.8. The Hall–Kier alpha value is -0.870. The molecule has 0 bridgehead atoms. The smallest absolute Gasteiger partial charge is 0.306 e. The number of aliphatic hydroxyl groups excluding tert-OH is 1. The summed E-state index contributed by atoms with van der Waals surface area (Å²) in [4.78, 5) is 11.3. The predicted molar refractivity (Wildman–Crippen MR) is 92.7 cm³/mol. The lowest BCUT2D eigenvalue weighted by Crippen LogP contribution is -2.62. The van der Waals surface area contributed by atoms with Crippen LogP contribution >= 0.6 is 0 Å². The van der Waals surface area contributed by atoms with Crippen LogP contribution < -0.4 is 0 Å². The van der Waals surface area contributed by atoms with Gasteiger partial charge in [0.05, 0.1) is 23.7 Å². The minimum Gasteiger partial charge on any atom is -0.481 e. The maximum atomic E-state index is 11.3.